The molecule has 0 aliphatic carbocycles. The molecule has 0 fully saturated rings. The first-order valence-electron chi connectivity index (χ1n) is 5.55. The van der Waals surface area contributed by atoms with E-state index in [1.807, 2.05) is 0 Å². The first kappa shape index (κ1) is 15.1. The lowest BCUT2D eigenvalue weighted by Gasteiger charge is -2.12. The summed E-state index contributed by atoms with van der Waals surface area (Å²) in [6, 6.07) is 1.51. The number of phenolic OH excluding ortho intramolecular Hbond substituents is 1. The SMILES string of the molecule is CCOc1cc(C(=O)N[C@@H](C)C(=O)O)cc(Cl)c1O. The van der Waals surface area contributed by atoms with Crippen LogP contribution >= 0.6 is 11.6 Å². The van der Waals surface area contributed by atoms with Gasteiger partial charge in [-0.1, -0.05) is 11.6 Å². The Bertz CT molecular complexity index is 503. The zero-order valence-corrected chi connectivity index (χ0v) is 11.2. The van der Waals surface area contributed by atoms with Crippen LogP contribution in [0.15, 0.2) is 12.1 Å². The van der Waals surface area contributed by atoms with E-state index in [2.05, 4.69) is 5.32 Å². The van der Waals surface area contributed by atoms with E-state index in [0.29, 0.717) is 6.61 Å². The van der Waals surface area contributed by atoms with Crippen LogP contribution in [-0.2, 0) is 4.79 Å². The van der Waals surface area contributed by atoms with E-state index in [4.69, 9.17) is 21.4 Å². The molecule has 3 N–H and O–H groups in total. The van der Waals surface area contributed by atoms with Gasteiger partial charge in [0.2, 0.25) is 0 Å². The van der Waals surface area contributed by atoms with Gasteiger partial charge in [-0.3, -0.25) is 9.59 Å². The summed E-state index contributed by atoms with van der Waals surface area (Å²) in [5.74, 6) is -1.95. The average molecular weight is 288 g/mol. The van der Waals surface area contributed by atoms with Crippen LogP contribution in [-0.4, -0.2) is 34.7 Å². The minimum atomic E-state index is -1.15. The number of aromatic hydroxyl groups is 1. The Morgan fingerprint density at radius 1 is 1.47 bits per heavy atom. The van der Waals surface area contributed by atoms with E-state index in [-0.39, 0.29) is 22.1 Å². The molecule has 0 aliphatic heterocycles. The lowest BCUT2D eigenvalue weighted by molar-refractivity contribution is -0.138. The van der Waals surface area contributed by atoms with E-state index in [9.17, 15) is 14.7 Å². The molecule has 1 rings (SSSR count). The predicted molar refractivity (Wildman–Crippen MR) is 68.8 cm³/mol. The number of carboxylic acids is 1. The molecule has 6 nitrogen and oxygen atoms in total. The highest BCUT2D eigenvalue weighted by Gasteiger charge is 2.18. The van der Waals surface area contributed by atoms with Gasteiger partial charge in [0.15, 0.2) is 11.5 Å². The Balaban J connectivity index is 3.00. The van der Waals surface area contributed by atoms with Gasteiger partial charge >= 0.3 is 5.97 Å². The molecule has 19 heavy (non-hydrogen) atoms. The summed E-state index contributed by atoms with van der Waals surface area (Å²) in [4.78, 5) is 22.5. The molecular weight excluding hydrogens is 274 g/mol. The van der Waals surface area contributed by atoms with Crippen molar-refractivity contribution in [3.05, 3.63) is 22.7 Å². The van der Waals surface area contributed by atoms with Crippen molar-refractivity contribution in [2.75, 3.05) is 6.61 Å². The van der Waals surface area contributed by atoms with Gasteiger partial charge in [0.1, 0.15) is 6.04 Å². The summed E-state index contributed by atoms with van der Waals surface area (Å²) in [6.45, 7) is 3.35. The van der Waals surface area contributed by atoms with Crippen molar-refractivity contribution in [2.45, 2.75) is 19.9 Å². The molecule has 104 valence electrons. The Kier molecular flexibility index (Phi) is 5.00. The Hall–Kier alpha value is -1.95. The number of aliphatic carboxylic acids is 1. The van der Waals surface area contributed by atoms with E-state index in [1.165, 1.54) is 19.1 Å². The first-order valence-corrected chi connectivity index (χ1v) is 5.93. The number of hydrogen-bond donors (Lipinski definition) is 3. The molecule has 1 aromatic rings. The number of ether oxygens (including phenoxy) is 1. The fraction of sp³-hybridized carbons (Fsp3) is 0.333. The maximum atomic E-state index is 11.8. The molecule has 0 saturated carbocycles. The highest BCUT2D eigenvalue weighted by atomic mass is 35.5. The van der Waals surface area contributed by atoms with Crippen molar-refractivity contribution in [1.82, 2.24) is 5.32 Å². The zero-order chi connectivity index (χ0) is 14.6. The molecule has 1 amide bonds. The van der Waals surface area contributed by atoms with Gasteiger partial charge in [0.25, 0.3) is 5.91 Å². The van der Waals surface area contributed by atoms with Crippen molar-refractivity contribution >= 4 is 23.5 Å². The van der Waals surface area contributed by atoms with Crippen LogP contribution in [0.3, 0.4) is 0 Å². The second kappa shape index (κ2) is 6.29. The molecule has 0 radical (unpaired) electrons. The lowest BCUT2D eigenvalue weighted by Crippen LogP contribution is -2.38. The third-order valence-corrected chi connectivity index (χ3v) is 2.60. The van der Waals surface area contributed by atoms with Crippen molar-refractivity contribution in [1.29, 1.82) is 0 Å². The maximum Gasteiger partial charge on any atom is 0.325 e. The molecular formula is C12H14ClNO5. The molecule has 0 spiro atoms. The lowest BCUT2D eigenvalue weighted by atomic mass is 10.1. The number of amides is 1. The second-order valence-electron chi connectivity index (χ2n) is 3.77. The van der Waals surface area contributed by atoms with Gasteiger partial charge in [-0.05, 0) is 26.0 Å². The number of carbonyl (C=O) groups excluding carboxylic acids is 1. The monoisotopic (exact) mass is 287 g/mol. The molecule has 0 bridgehead atoms. The fourth-order valence-electron chi connectivity index (χ4n) is 1.31. The number of nitrogens with one attached hydrogen (secondary N) is 1. The zero-order valence-electron chi connectivity index (χ0n) is 10.4. The third kappa shape index (κ3) is 3.75. The summed E-state index contributed by atoms with van der Waals surface area (Å²) < 4.78 is 5.13. The van der Waals surface area contributed by atoms with Gasteiger partial charge in [-0.25, -0.2) is 0 Å². The van der Waals surface area contributed by atoms with Crippen molar-refractivity contribution in [2.24, 2.45) is 0 Å². The van der Waals surface area contributed by atoms with E-state index in [0.717, 1.165) is 0 Å². The van der Waals surface area contributed by atoms with Gasteiger partial charge in [0, 0.05) is 5.56 Å². The highest BCUT2D eigenvalue weighted by molar-refractivity contribution is 6.32. The molecule has 0 aliphatic rings. The number of carbonyl (C=O) groups is 2. The minimum Gasteiger partial charge on any atom is -0.503 e. The summed E-state index contributed by atoms with van der Waals surface area (Å²) in [5.41, 5.74) is 0.111. The fourth-order valence-corrected chi connectivity index (χ4v) is 1.52. The molecule has 0 unspecified atom stereocenters. The van der Waals surface area contributed by atoms with Crippen molar-refractivity contribution < 1.29 is 24.5 Å². The Morgan fingerprint density at radius 2 is 2.11 bits per heavy atom. The summed E-state index contributed by atoms with van der Waals surface area (Å²) in [7, 11) is 0. The highest BCUT2D eigenvalue weighted by Crippen LogP contribution is 2.35. The third-order valence-electron chi connectivity index (χ3n) is 2.31. The van der Waals surface area contributed by atoms with Crippen LogP contribution in [0.5, 0.6) is 11.5 Å². The van der Waals surface area contributed by atoms with Gasteiger partial charge in [-0.2, -0.15) is 0 Å². The molecule has 0 heterocycles. The van der Waals surface area contributed by atoms with Crippen molar-refractivity contribution in [3.8, 4) is 11.5 Å². The maximum absolute atomic E-state index is 11.8. The number of hydrogen-bond acceptors (Lipinski definition) is 4. The summed E-state index contributed by atoms with van der Waals surface area (Å²) in [6.07, 6.45) is 0. The van der Waals surface area contributed by atoms with Crippen molar-refractivity contribution in [3.63, 3.8) is 0 Å². The normalized spacial score (nSPS) is 11.7. The number of phenols is 1. The minimum absolute atomic E-state index is 0.0425. The average Bonchev–Trinajstić information content (AvgIpc) is 2.34. The smallest absolute Gasteiger partial charge is 0.325 e. The quantitative estimate of drug-likeness (QED) is 0.765. The number of rotatable bonds is 5. The first-order chi connectivity index (χ1) is 8.86. The summed E-state index contributed by atoms with van der Waals surface area (Å²) in [5, 5.41) is 20.6. The molecule has 7 heteroatoms. The topological polar surface area (TPSA) is 95.9 Å². The summed E-state index contributed by atoms with van der Waals surface area (Å²) >= 11 is 5.77. The predicted octanol–water partition coefficient (Wildman–Crippen LogP) is 1.65. The van der Waals surface area contributed by atoms with E-state index >= 15 is 0 Å². The van der Waals surface area contributed by atoms with Gasteiger partial charge in [0.05, 0.1) is 11.6 Å². The molecule has 0 saturated heterocycles. The van der Waals surface area contributed by atoms with Crippen LogP contribution in [0.1, 0.15) is 24.2 Å². The van der Waals surface area contributed by atoms with Gasteiger partial charge < -0.3 is 20.3 Å². The van der Waals surface area contributed by atoms with E-state index < -0.39 is 17.9 Å². The Labute approximate surface area is 114 Å². The number of benzene rings is 1. The Morgan fingerprint density at radius 3 is 2.63 bits per heavy atom. The molecule has 0 aromatic heterocycles. The van der Waals surface area contributed by atoms with Crippen LogP contribution < -0.4 is 10.1 Å². The standard InChI is InChI=1S/C12H14ClNO5/c1-3-19-9-5-7(4-8(13)10(9)15)11(16)14-6(2)12(17)18/h4-6,15H,3H2,1-2H3,(H,14,16)(H,17,18)/t6-/m0/s1. The van der Waals surface area contributed by atoms with Crippen LogP contribution in [0.2, 0.25) is 5.02 Å². The number of halogens is 1. The van der Waals surface area contributed by atoms with Crippen LogP contribution in [0.4, 0.5) is 0 Å². The number of carboxylic acid groups (broad SMARTS) is 1. The van der Waals surface area contributed by atoms with Crippen LogP contribution in [0, 0.1) is 0 Å². The molecule has 1 atom stereocenters. The molecule has 1 aromatic carbocycles. The largest absolute Gasteiger partial charge is 0.503 e. The van der Waals surface area contributed by atoms with Gasteiger partial charge in [-0.15, -0.1) is 0 Å². The van der Waals surface area contributed by atoms with E-state index in [1.54, 1.807) is 6.92 Å². The second-order valence-corrected chi connectivity index (χ2v) is 4.18. The van der Waals surface area contributed by atoms with Crippen LogP contribution in [0.25, 0.3) is 0 Å².